The predicted molar refractivity (Wildman–Crippen MR) is 132 cm³/mol. The predicted octanol–water partition coefficient (Wildman–Crippen LogP) is 4.96. The molecule has 4 aromatic heterocycles. The van der Waals surface area contributed by atoms with Crippen LogP contribution in [0.1, 0.15) is 28.5 Å². The van der Waals surface area contributed by atoms with Crippen LogP contribution in [0.5, 0.6) is 0 Å². The molecule has 0 saturated heterocycles. The number of pyridine rings is 3. The van der Waals surface area contributed by atoms with E-state index in [1.54, 1.807) is 24.5 Å². The molecule has 0 aliphatic rings. The zero-order valence-electron chi connectivity index (χ0n) is 18.4. The smallest absolute Gasteiger partial charge is 0.261 e. The number of aryl methyl sites for hydroxylation is 2. The van der Waals surface area contributed by atoms with Gasteiger partial charge in [0.1, 0.15) is 26.6 Å². The molecule has 0 aliphatic carbocycles. The van der Waals surface area contributed by atoms with Gasteiger partial charge in [-0.1, -0.05) is 23.5 Å². The van der Waals surface area contributed by atoms with Crippen molar-refractivity contribution in [1.29, 1.82) is 0 Å². The van der Waals surface area contributed by atoms with Crippen molar-refractivity contribution in [3.8, 4) is 10.6 Å². The molecule has 0 spiro atoms. The van der Waals surface area contributed by atoms with Crippen molar-refractivity contribution in [2.24, 2.45) is 0 Å². The molecule has 0 atom stereocenters. The lowest BCUT2D eigenvalue weighted by molar-refractivity contribution is 0.102. The molecule has 1 aromatic carbocycles. The fourth-order valence-electron chi connectivity index (χ4n) is 3.84. The van der Waals surface area contributed by atoms with Crippen LogP contribution in [-0.4, -0.2) is 25.4 Å². The van der Waals surface area contributed by atoms with Gasteiger partial charge in [0.25, 0.3) is 5.91 Å². The highest BCUT2D eigenvalue weighted by Crippen LogP contribution is 2.33. The van der Waals surface area contributed by atoms with Gasteiger partial charge in [0, 0.05) is 35.9 Å². The molecule has 1 N–H and O–H groups in total. The summed E-state index contributed by atoms with van der Waals surface area (Å²) in [7, 11) is 0. The van der Waals surface area contributed by atoms with Gasteiger partial charge in [-0.2, -0.15) is 0 Å². The monoisotopic (exact) mass is 455 g/mol. The Morgan fingerprint density at radius 1 is 1.09 bits per heavy atom. The molecule has 8 heteroatoms. The topological polar surface area (TPSA) is 89.8 Å². The summed E-state index contributed by atoms with van der Waals surface area (Å²) in [6, 6.07) is 13.0. The minimum atomic E-state index is -0.448. The summed E-state index contributed by atoms with van der Waals surface area (Å²) in [5.41, 5.74) is 4.43. The number of nitrogens with zero attached hydrogens (tertiary/aromatic N) is 4. The molecule has 0 radical (unpaired) electrons. The van der Waals surface area contributed by atoms with E-state index in [1.165, 1.54) is 11.3 Å². The van der Waals surface area contributed by atoms with Crippen LogP contribution in [0.15, 0.2) is 59.7 Å². The van der Waals surface area contributed by atoms with Crippen LogP contribution in [0.25, 0.3) is 32.0 Å². The van der Waals surface area contributed by atoms with Crippen LogP contribution in [0, 0.1) is 13.8 Å². The van der Waals surface area contributed by atoms with Crippen LogP contribution in [0.3, 0.4) is 0 Å². The van der Waals surface area contributed by atoms with Gasteiger partial charge < -0.3 is 9.88 Å². The first-order valence-electron chi connectivity index (χ1n) is 10.6. The van der Waals surface area contributed by atoms with Crippen LogP contribution in [-0.2, 0) is 6.54 Å². The van der Waals surface area contributed by atoms with Crippen LogP contribution in [0.2, 0.25) is 0 Å². The van der Waals surface area contributed by atoms with Crippen molar-refractivity contribution in [3.05, 3.63) is 81.9 Å². The molecule has 164 valence electrons. The number of nitrogens with one attached hydrogen (secondary N) is 1. The van der Waals surface area contributed by atoms with Crippen molar-refractivity contribution in [2.75, 3.05) is 5.32 Å². The lowest BCUT2D eigenvalue weighted by Gasteiger charge is -2.13. The Morgan fingerprint density at radius 3 is 2.73 bits per heavy atom. The van der Waals surface area contributed by atoms with Gasteiger partial charge >= 0.3 is 0 Å². The SMILES string of the molecule is CCn1cc(C(=O)Nc2cccc(-c3nc4cccnc4s3)c2C)c(=O)c2ccc(C)nc21. The van der Waals surface area contributed by atoms with Gasteiger partial charge in [-0.05, 0) is 56.7 Å². The highest BCUT2D eigenvalue weighted by atomic mass is 32.1. The summed E-state index contributed by atoms with van der Waals surface area (Å²) < 4.78 is 1.83. The molecule has 33 heavy (non-hydrogen) atoms. The number of rotatable bonds is 4. The van der Waals surface area contributed by atoms with Gasteiger partial charge in [-0.25, -0.2) is 15.0 Å². The standard InChI is InChI=1S/C25H21N5O2S/c1-4-30-13-18(21(31)17-11-10-14(2)27-22(17)30)23(32)28-19-8-5-7-16(15(19)3)24-29-20-9-6-12-26-25(20)33-24/h5-13H,4H2,1-3H3,(H,28,32). The molecule has 7 nitrogen and oxygen atoms in total. The maximum atomic E-state index is 13.2. The van der Waals surface area contributed by atoms with E-state index in [0.717, 1.165) is 32.2 Å². The quantitative estimate of drug-likeness (QED) is 0.414. The average Bonchev–Trinajstić information content (AvgIpc) is 3.24. The number of amides is 1. The number of hydrogen-bond acceptors (Lipinski definition) is 6. The minimum absolute atomic E-state index is 0.0870. The summed E-state index contributed by atoms with van der Waals surface area (Å²) in [6.45, 7) is 6.35. The molecule has 0 bridgehead atoms. The van der Waals surface area contributed by atoms with Gasteiger partial charge in [0.2, 0.25) is 5.43 Å². The second-order valence-electron chi connectivity index (χ2n) is 7.76. The van der Waals surface area contributed by atoms with E-state index < -0.39 is 5.91 Å². The minimum Gasteiger partial charge on any atom is -0.332 e. The maximum absolute atomic E-state index is 13.2. The highest BCUT2D eigenvalue weighted by molar-refractivity contribution is 7.21. The molecule has 1 amide bonds. The third-order valence-corrected chi connectivity index (χ3v) is 6.64. The summed E-state index contributed by atoms with van der Waals surface area (Å²) in [5.74, 6) is -0.448. The second-order valence-corrected chi connectivity index (χ2v) is 8.74. The van der Waals surface area contributed by atoms with E-state index in [-0.39, 0.29) is 11.0 Å². The van der Waals surface area contributed by atoms with E-state index in [2.05, 4.69) is 20.3 Å². The Kier molecular flexibility index (Phi) is 5.22. The van der Waals surface area contributed by atoms with Crippen molar-refractivity contribution < 1.29 is 4.79 Å². The first-order chi connectivity index (χ1) is 16.0. The molecule has 5 aromatic rings. The van der Waals surface area contributed by atoms with Gasteiger partial charge in [-0.15, -0.1) is 0 Å². The first-order valence-corrected chi connectivity index (χ1v) is 11.4. The summed E-state index contributed by atoms with van der Waals surface area (Å²) in [6.07, 6.45) is 3.34. The fourth-order valence-corrected chi connectivity index (χ4v) is 4.83. The van der Waals surface area contributed by atoms with E-state index >= 15 is 0 Å². The molecular formula is C25H21N5O2S. The Morgan fingerprint density at radius 2 is 1.94 bits per heavy atom. The first kappa shape index (κ1) is 21.0. The number of hydrogen-bond donors (Lipinski definition) is 1. The number of carbonyl (C=O) groups excluding carboxylic acids is 1. The maximum Gasteiger partial charge on any atom is 0.261 e. The Balaban J connectivity index is 1.54. The average molecular weight is 456 g/mol. The van der Waals surface area contributed by atoms with Crippen molar-refractivity contribution in [2.45, 2.75) is 27.3 Å². The summed E-state index contributed by atoms with van der Waals surface area (Å²) in [5, 5.41) is 4.19. The number of fused-ring (bicyclic) bond motifs is 2. The Hall–Kier alpha value is -3.91. The van der Waals surface area contributed by atoms with E-state index in [1.807, 2.05) is 55.7 Å². The number of aromatic nitrogens is 4. The molecule has 5 rings (SSSR count). The lowest BCUT2D eigenvalue weighted by atomic mass is 10.1. The van der Waals surface area contributed by atoms with Crippen molar-refractivity contribution in [1.82, 2.24) is 19.5 Å². The molecule has 0 saturated carbocycles. The molecule has 0 fully saturated rings. The number of benzene rings is 1. The second kappa shape index (κ2) is 8.22. The van der Waals surface area contributed by atoms with E-state index in [9.17, 15) is 9.59 Å². The third kappa shape index (κ3) is 3.68. The zero-order chi connectivity index (χ0) is 23.1. The van der Waals surface area contributed by atoms with E-state index in [0.29, 0.717) is 23.3 Å². The molecule has 0 aliphatic heterocycles. The third-order valence-electron chi connectivity index (χ3n) is 5.62. The molecule has 4 heterocycles. The number of carbonyl (C=O) groups is 1. The van der Waals surface area contributed by atoms with Gasteiger partial charge in [0.05, 0.1) is 5.39 Å². The largest absolute Gasteiger partial charge is 0.332 e. The number of anilines is 1. The Bertz CT molecular complexity index is 1570. The summed E-state index contributed by atoms with van der Waals surface area (Å²) >= 11 is 1.50. The van der Waals surface area contributed by atoms with Crippen LogP contribution < -0.4 is 10.7 Å². The van der Waals surface area contributed by atoms with Gasteiger partial charge in [0.15, 0.2) is 0 Å². The zero-order valence-corrected chi connectivity index (χ0v) is 19.2. The van der Waals surface area contributed by atoms with Crippen LogP contribution >= 0.6 is 11.3 Å². The molecule has 0 unspecified atom stereocenters. The van der Waals surface area contributed by atoms with Crippen molar-refractivity contribution >= 4 is 44.3 Å². The Labute approximate surface area is 193 Å². The summed E-state index contributed by atoms with van der Waals surface area (Å²) in [4.78, 5) is 40.7. The van der Waals surface area contributed by atoms with Crippen LogP contribution in [0.4, 0.5) is 5.69 Å². The molecular weight excluding hydrogens is 434 g/mol. The normalized spacial score (nSPS) is 11.2. The van der Waals surface area contributed by atoms with E-state index in [4.69, 9.17) is 0 Å². The number of thiazole rings is 1. The lowest BCUT2D eigenvalue weighted by Crippen LogP contribution is -2.24. The van der Waals surface area contributed by atoms with Gasteiger partial charge in [-0.3, -0.25) is 9.59 Å². The highest BCUT2D eigenvalue weighted by Gasteiger charge is 2.18. The fraction of sp³-hybridized carbons (Fsp3) is 0.160. The van der Waals surface area contributed by atoms with Crippen molar-refractivity contribution in [3.63, 3.8) is 0 Å².